The second-order valence-electron chi connectivity index (χ2n) is 8.36. The lowest BCUT2D eigenvalue weighted by atomic mass is 10.1. The van der Waals surface area contributed by atoms with Crippen LogP contribution in [0.2, 0.25) is 0 Å². The summed E-state index contributed by atoms with van der Waals surface area (Å²) in [7, 11) is 1.65. The van der Waals surface area contributed by atoms with Crippen LogP contribution in [0, 0.1) is 6.92 Å². The maximum atomic E-state index is 13.8. The zero-order chi connectivity index (χ0) is 23.5. The number of fused-ring (bicyclic) bond motifs is 1. The molecule has 2 aromatic carbocycles. The van der Waals surface area contributed by atoms with Gasteiger partial charge in [-0.3, -0.25) is 9.36 Å². The molecule has 6 nitrogen and oxygen atoms in total. The first-order chi connectivity index (χ1) is 16.0. The van der Waals surface area contributed by atoms with Crippen molar-refractivity contribution < 1.29 is 9.47 Å². The normalized spacial score (nSPS) is 17.1. The molecule has 1 aromatic heterocycles. The Bertz CT molecular complexity index is 1200. The lowest BCUT2D eigenvalue weighted by Crippen LogP contribution is -2.32. The van der Waals surface area contributed by atoms with Crippen molar-refractivity contribution in [3.8, 4) is 17.1 Å². The Morgan fingerprint density at radius 3 is 2.61 bits per heavy atom. The number of nitrogens with one attached hydrogen (secondary N) is 1. The van der Waals surface area contributed by atoms with Gasteiger partial charge in [-0.25, -0.2) is 4.98 Å². The Kier molecular flexibility index (Phi) is 6.84. The molecule has 0 fully saturated rings. The average Bonchev–Trinajstić information content (AvgIpc) is 3.17. The summed E-state index contributed by atoms with van der Waals surface area (Å²) in [5.74, 6) is 1.48. The summed E-state index contributed by atoms with van der Waals surface area (Å²) < 4.78 is 13.2. The quantitative estimate of drug-likeness (QED) is 0.531. The summed E-state index contributed by atoms with van der Waals surface area (Å²) in [6, 6.07) is 14.1. The van der Waals surface area contributed by atoms with Gasteiger partial charge >= 0.3 is 0 Å². The van der Waals surface area contributed by atoms with Crippen LogP contribution in [-0.4, -0.2) is 29.4 Å². The van der Waals surface area contributed by atoms with Crippen molar-refractivity contribution in [3.63, 3.8) is 0 Å². The van der Waals surface area contributed by atoms with Crippen LogP contribution < -0.4 is 15.6 Å². The van der Waals surface area contributed by atoms with Crippen molar-refractivity contribution in [3.05, 3.63) is 75.2 Å². The highest BCUT2D eigenvalue weighted by Crippen LogP contribution is 2.36. The van der Waals surface area contributed by atoms with Gasteiger partial charge in [0.1, 0.15) is 17.3 Å². The molecule has 1 heterocycles. The highest BCUT2D eigenvalue weighted by Gasteiger charge is 2.34. The van der Waals surface area contributed by atoms with Gasteiger partial charge in [0.05, 0.1) is 24.9 Å². The zero-order valence-corrected chi connectivity index (χ0v) is 20.1. The monoisotopic (exact) mass is 447 g/mol. The summed E-state index contributed by atoms with van der Waals surface area (Å²) in [5, 5.41) is 3.57. The number of aromatic nitrogens is 2. The molecule has 0 aliphatic heterocycles. The first kappa shape index (κ1) is 23.1. The molecule has 2 atom stereocenters. The number of hydrogen-bond acceptors (Lipinski definition) is 5. The molecule has 174 valence electrons. The van der Waals surface area contributed by atoms with E-state index in [1.54, 1.807) is 11.7 Å². The van der Waals surface area contributed by atoms with Crippen molar-refractivity contribution in [2.45, 2.75) is 59.2 Å². The van der Waals surface area contributed by atoms with Crippen molar-refractivity contribution >= 4 is 5.69 Å². The molecule has 4 rings (SSSR count). The molecular formula is C27H33N3O3. The van der Waals surface area contributed by atoms with Crippen molar-refractivity contribution in [1.29, 1.82) is 0 Å². The molecule has 1 N–H and O–H groups in total. The third-order valence-corrected chi connectivity index (χ3v) is 6.43. The Labute approximate surface area is 195 Å². The first-order valence-electron chi connectivity index (χ1n) is 11.8. The predicted molar refractivity (Wildman–Crippen MR) is 132 cm³/mol. The molecule has 6 heteroatoms. The summed E-state index contributed by atoms with van der Waals surface area (Å²) in [4.78, 5) is 18.8. The number of ether oxygens (including phenoxy) is 2. The fourth-order valence-electron chi connectivity index (χ4n) is 4.77. The topological polar surface area (TPSA) is 65.4 Å². The largest absolute Gasteiger partial charge is 0.497 e. The van der Waals surface area contributed by atoms with Gasteiger partial charge in [-0.1, -0.05) is 31.2 Å². The molecule has 0 radical (unpaired) electrons. The van der Waals surface area contributed by atoms with Gasteiger partial charge in [-0.15, -0.1) is 0 Å². The standard InChI is InChI=1S/C27H33N3O3/c1-6-22-25(29-24-21-12-10-9-11-18(21)16-23(24)33-8-3)27(31)30(7-2)26(28-22)20-14-13-19(32-5)15-17(20)4/h9-15,23-24,29H,6-8,16H2,1-5H3. The van der Waals surface area contributed by atoms with E-state index in [1.165, 1.54) is 11.1 Å². The van der Waals surface area contributed by atoms with Gasteiger partial charge in [0.15, 0.2) is 0 Å². The number of methoxy groups -OCH3 is 1. The molecule has 3 aromatic rings. The molecule has 0 saturated carbocycles. The molecule has 1 aliphatic carbocycles. The summed E-state index contributed by atoms with van der Waals surface area (Å²) in [6.45, 7) is 9.20. The zero-order valence-electron chi connectivity index (χ0n) is 20.1. The molecule has 0 spiro atoms. The van der Waals surface area contributed by atoms with E-state index in [1.807, 2.05) is 52.0 Å². The van der Waals surface area contributed by atoms with Crippen molar-refractivity contribution in [2.75, 3.05) is 19.0 Å². The van der Waals surface area contributed by atoms with E-state index >= 15 is 0 Å². The fourth-order valence-corrected chi connectivity index (χ4v) is 4.77. The van der Waals surface area contributed by atoms with E-state index in [0.29, 0.717) is 31.1 Å². The number of hydrogen-bond donors (Lipinski definition) is 1. The minimum Gasteiger partial charge on any atom is -0.497 e. The third-order valence-electron chi connectivity index (χ3n) is 6.43. The molecule has 33 heavy (non-hydrogen) atoms. The summed E-state index contributed by atoms with van der Waals surface area (Å²) >= 11 is 0. The number of nitrogens with zero attached hydrogens (tertiary/aromatic N) is 2. The Hall–Kier alpha value is -3.12. The van der Waals surface area contributed by atoms with E-state index < -0.39 is 0 Å². The van der Waals surface area contributed by atoms with Gasteiger partial charge in [0, 0.05) is 25.1 Å². The number of anilines is 1. The number of rotatable bonds is 8. The van der Waals surface area contributed by atoms with Crippen LogP contribution in [-0.2, 0) is 24.1 Å². The Morgan fingerprint density at radius 1 is 1.15 bits per heavy atom. The van der Waals surface area contributed by atoms with Gasteiger partial charge < -0.3 is 14.8 Å². The minimum absolute atomic E-state index is 0.0184. The van der Waals surface area contributed by atoms with E-state index in [4.69, 9.17) is 14.5 Å². The van der Waals surface area contributed by atoms with E-state index in [0.717, 1.165) is 29.0 Å². The van der Waals surface area contributed by atoms with Crippen LogP contribution in [0.15, 0.2) is 47.3 Å². The second kappa shape index (κ2) is 9.79. The maximum Gasteiger partial charge on any atom is 0.277 e. The summed E-state index contributed by atoms with van der Waals surface area (Å²) in [6.07, 6.45) is 1.47. The lowest BCUT2D eigenvalue weighted by molar-refractivity contribution is 0.0574. The van der Waals surface area contributed by atoms with E-state index in [2.05, 4.69) is 23.5 Å². The molecular weight excluding hydrogens is 414 g/mol. The highest BCUT2D eigenvalue weighted by atomic mass is 16.5. The molecule has 0 amide bonds. The fraction of sp³-hybridized carbons (Fsp3) is 0.407. The predicted octanol–water partition coefficient (Wildman–Crippen LogP) is 4.92. The van der Waals surface area contributed by atoms with E-state index in [9.17, 15) is 4.79 Å². The highest BCUT2D eigenvalue weighted by molar-refractivity contribution is 5.64. The van der Waals surface area contributed by atoms with Crippen LogP contribution in [0.25, 0.3) is 11.4 Å². The van der Waals surface area contributed by atoms with Gasteiger partial charge in [0.25, 0.3) is 5.56 Å². The van der Waals surface area contributed by atoms with Crippen LogP contribution in [0.4, 0.5) is 5.69 Å². The Balaban J connectivity index is 1.81. The van der Waals surface area contributed by atoms with E-state index in [-0.39, 0.29) is 17.7 Å². The lowest BCUT2D eigenvalue weighted by Gasteiger charge is -2.25. The van der Waals surface area contributed by atoms with Crippen molar-refractivity contribution in [2.24, 2.45) is 0 Å². The van der Waals surface area contributed by atoms with Gasteiger partial charge in [-0.05, 0) is 62.1 Å². The van der Waals surface area contributed by atoms with Gasteiger partial charge in [-0.2, -0.15) is 0 Å². The SMILES string of the molecule is CCOC1Cc2ccccc2C1Nc1c(CC)nc(-c2ccc(OC)cc2C)n(CC)c1=O. The average molecular weight is 448 g/mol. The smallest absolute Gasteiger partial charge is 0.277 e. The molecule has 0 bridgehead atoms. The Morgan fingerprint density at radius 2 is 1.94 bits per heavy atom. The summed E-state index contributed by atoms with van der Waals surface area (Å²) in [5.41, 5.74) is 5.71. The van der Waals surface area contributed by atoms with Crippen LogP contribution in [0.1, 0.15) is 49.2 Å². The second-order valence-corrected chi connectivity index (χ2v) is 8.36. The van der Waals surface area contributed by atoms with Crippen LogP contribution in [0.5, 0.6) is 5.75 Å². The molecule has 0 saturated heterocycles. The van der Waals surface area contributed by atoms with Crippen molar-refractivity contribution in [1.82, 2.24) is 9.55 Å². The number of aryl methyl sites for hydroxylation is 2. The number of benzene rings is 2. The third kappa shape index (κ3) is 4.27. The van der Waals surface area contributed by atoms with Crippen LogP contribution >= 0.6 is 0 Å². The minimum atomic E-state index is -0.0835. The maximum absolute atomic E-state index is 13.8. The first-order valence-corrected chi connectivity index (χ1v) is 11.8. The molecule has 2 unspecified atom stereocenters. The van der Waals surface area contributed by atoms with Crippen LogP contribution in [0.3, 0.4) is 0 Å². The molecule has 1 aliphatic rings. The van der Waals surface area contributed by atoms with Gasteiger partial charge in [0.2, 0.25) is 0 Å².